The molecule has 0 saturated heterocycles. The first-order valence-electron chi connectivity index (χ1n) is 6.85. The number of ether oxygens (including phenoxy) is 1. The van der Waals surface area contributed by atoms with E-state index in [4.69, 9.17) is 16.3 Å². The number of aromatic nitrogens is 2. The number of thioether (sulfide) groups is 1. The van der Waals surface area contributed by atoms with E-state index in [1.165, 1.54) is 16.9 Å². The van der Waals surface area contributed by atoms with Crippen LogP contribution in [0.25, 0.3) is 0 Å². The van der Waals surface area contributed by atoms with Gasteiger partial charge in [0.2, 0.25) is 5.13 Å². The van der Waals surface area contributed by atoms with Gasteiger partial charge in [-0.15, -0.1) is 10.2 Å². The molecule has 118 valence electrons. The van der Waals surface area contributed by atoms with Crippen LogP contribution in [0.3, 0.4) is 0 Å². The van der Waals surface area contributed by atoms with Crippen molar-refractivity contribution in [3.63, 3.8) is 0 Å². The summed E-state index contributed by atoms with van der Waals surface area (Å²) in [4.78, 5) is 0. The molecule has 23 heavy (non-hydrogen) atoms. The molecule has 3 rings (SSSR count). The van der Waals surface area contributed by atoms with Gasteiger partial charge in [0.1, 0.15) is 5.75 Å². The fourth-order valence-corrected chi connectivity index (χ4v) is 3.72. The monoisotopic (exact) mass is 363 g/mol. The van der Waals surface area contributed by atoms with Crippen molar-refractivity contribution < 1.29 is 4.74 Å². The van der Waals surface area contributed by atoms with Crippen molar-refractivity contribution in [2.24, 2.45) is 0 Å². The van der Waals surface area contributed by atoms with Gasteiger partial charge in [0.25, 0.3) is 0 Å². The van der Waals surface area contributed by atoms with Gasteiger partial charge in [0.15, 0.2) is 4.34 Å². The number of halogens is 1. The van der Waals surface area contributed by atoms with Gasteiger partial charge in [-0.3, -0.25) is 0 Å². The van der Waals surface area contributed by atoms with Crippen molar-refractivity contribution in [3.8, 4) is 5.75 Å². The van der Waals surface area contributed by atoms with Crippen molar-refractivity contribution in [2.45, 2.75) is 10.1 Å². The number of benzene rings is 2. The third kappa shape index (κ3) is 4.60. The third-order valence-electron chi connectivity index (χ3n) is 3.00. The average Bonchev–Trinajstić information content (AvgIpc) is 3.02. The Morgan fingerprint density at radius 3 is 2.78 bits per heavy atom. The highest BCUT2D eigenvalue weighted by Gasteiger charge is 2.06. The van der Waals surface area contributed by atoms with E-state index in [0.29, 0.717) is 0 Å². The van der Waals surface area contributed by atoms with Crippen LogP contribution in [0.5, 0.6) is 5.75 Å². The van der Waals surface area contributed by atoms with Gasteiger partial charge in [-0.2, -0.15) is 0 Å². The van der Waals surface area contributed by atoms with Gasteiger partial charge in [-0.25, -0.2) is 0 Å². The minimum Gasteiger partial charge on any atom is -0.497 e. The zero-order valence-corrected chi connectivity index (χ0v) is 14.7. The van der Waals surface area contributed by atoms with E-state index >= 15 is 0 Å². The van der Waals surface area contributed by atoms with E-state index in [1.54, 1.807) is 18.9 Å². The number of nitrogens with one attached hydrogen (secondary N) is 1. The first-order valence-corrected chi connectivity index (χ1v) is 9.03. The molecule has 0 aliphatic heterocycles. The molecule has 0 amide bonds. The highest BCUT2D eigenvalue weighted by molar-refractivity contribution is 8.00. The predicted octanol–water partition coefficient (Wildman–Crippen LogP) is 5.24. The van der Waals surface area contributed by atoms with Gasteiger partial charge in [0, 0.05) is 22.5 Å². The van der Waals surface area contributed by atoms with E-state index in [1.807, 2.05) is 48.5 Å². The van der Waals surface area contributed by atoms with Gasteiger partial charge in [-0.05, 0) is 29.8 Å². The lowest BCUT2D eigenvalue weighted by atomic mass is 10.2. The van der Waals surface area contributed by atoms with Gasteiger partial charge in [0.05, 0.1) is 7.11 Å². The molecule has 4 nitrogen and oxygen atoms in total. The SMILES string of the molecule is COc1cccc(Nc2nnc(SCc3ccc(Cl)cc3)s2)c1. The Balaban J connectivity index is 1.60. The fourth-order valence-electron chi connectivity index (χ4n) is 1.87. The summed E-state index contributed by atoms with van der Waals surface area (Å²) in [6.45, 7) is 0. The standard InChI is InChI=1S/C16H14ClN3OS2/c1-21-14-4-2-3-13(9-14)18-15-19-20-16(23-15)22-10-11-5-7-12(17)8-6-11/h2-9H,10H2,1H3,(H,18,19). The summed E-state index contributed by atoms with van der Waals surface area (Å²) in [5, 5.41) is 13.1. The second-order valence-electron chi connectivity index (χ2n) is 4.65. The largest absolute Gasteiger partial charge is 0.497 e. The van der Waals surface area contributed by atoms with Crippen LogP contribution in [0.15, 0.2) is 52.9 Å². The molecule has 7 heteroatoms. The molecule has 0 atom stereocenters. The summed E-state index contributed by atoms with van der Waals surface area (Å²) < 4.78 is 6.13. The summed E-state index contributed by atoms with van der Waals surface area (Å²) in [6, 6.07) is 15.5. The molecule has 0 unspecified atom stereocenters. The Morgan fingerprint density at radius 1 is 1.17 bits per heavy atom. The molecule has 0 fully saturated rings. The zero-order chi connectivity index (χ0) is 16.1. The van der Waals surface area contributed by atoms with Gasteiger partial charge >= 0.3 is 0 Å². The smallest absolute Gasteiger partial charge is 0.210 e. The summed E-state index contributed by atoms with van der Waals surface area (Å²) in [5.74, 6) is 1.64. The van der Waals surface area contributed by atoms with Crippen LogP contribution < -0.4 is 10.1 Å². The zero-order valence-electron chi connectivity index (χ0n) is 12.3. The van der Waals surface area contributed by atoms with Gasteiger partial charge < -0.3 is 10.1 Å². The third-order valence-corrected chi connectivity index (χ3v) is 5.30. The van der Waals surface area contributed by atoms with Crippen LogP contribution in [-0.2, 0) is 5.75 Å². The average molecular weight is 364 g/mol. The Labute approximate surface area is 147 Å². The number of hydrogen-bond acceptors (Lipinski definition) is 6. The van der Waals surface area contributed by atoms with Crippen molar-refractivity contribution in [2.75, 3.05) is 12.4 Å². The quantitative estimate of drug-likeness (QED) is 0.607. The fraction of sp³-hybridized carbons (Fsp3) is 0.125. The number of nitrogens with zero attached hydrogens (tertiary/aromatic N) is 2. The van der Waals surface area contributed by atoms with E-state index < -0.39 is 0 Å². The second kappa shape index (κ2) is 7.68. The lowest BCUT2D eigenvalue weighted by Crippen LogP contribution is -1.90. The molecular weight excluding hydrogens is 350 g/mol. The first kappa shape index (κ1) is 16.1. The molecule has 3 aromatic rings. The molecular formula is C16H14ClN3OS2. The van der Waals surface area contributed by atoms with E-state index in [9.17, 15) is 0 Å². The molecule has 0 radical (unpaired) electrons. The topological polar surface area (TPSA) is 47.0 Å². The Bertz CT molecular complexity index is 777. The maximum Gasteiger partial charge on any atom is 0.210 e. The molecule has 2 aromatic carbocycles. The van der Waals surface area contributed by atoms with E-state index in [0.717, 1.165) is 31.7 Å². The lowest BCUT2D eigenvalue weighted by molar-refractivity contribution is 0.415. The summed E-state index contributed by atoms with van der Waals surface area (Å²) in [5.41, 5.74) is 2.13. The van der Waals surface area contributed by atoms with Crippen LogP contribution in [0, 0.1) is 0 Å². The van der Waals surface area contributed by atoms with Crippen LogP contribution in [-0.4, -0.2) is 17.3 Å². The highest BCUT2D eigenvalue weighted by atomic mass is 35.5. The first-order chi connectivity index (χ1) is 11.2. The van der Waals surface area contributed by atoms with Crippen molar-refractivity contribution >= 4 is 45.5 Å². The maximum atomic E-state index is 5.89. The molecule has 0 bridgehead atoms. The molecule has 0 aliphatic carbocycles. The van der Waals surface area contributed by atoms with Crippen LogP contribution in [0.2, 0.25) is 5.02 Å². The Morgan fingerprint density at radius 2 is 2.00 bits per heavy atom. The lowest BCUT2D eigenvalue weighted by Gasteiger charge is -2.04. The summed E-state index contributed by atoms with van der Waals surface area (Å²) >= 11 is 9.07. The second-order valence-corrected chi connectivity index (χ2v) is 7.28. The summed E-state index contributed by atoms with van der Waals surface area (Å²) in [7, 11) is 1.65. The van der Waals surface area contributed by atoms with E-state index in [-0.39, 0.29) is 0 Å². The van der Waals surface area contributed by atoms with E-state index in [2.05, 4.69) is 15.5 Å². The molecule has 0 aliphatic rings. The van der Waals surface area contributed by atoms with Crippen molar-refractivity contribution in [1.82, 2.24) is 10.2 Å². The maximum absolute atomic E-state index is 5.89. The van der Waals surface area contributed by atoms with Crippen LogP contribution in [0.1, 0.15) is 5.56 Å². The van der Waals surface area contributed by atoms with Crippen molar-refractivity contribution in [1.29, 1.82) is 0 Å². The normalized spacial score (nSPS) is 10.5. The minimum absolute atomic E-state index is 0.749. The molecule has 0 saturated carbocycles. The number of anilines is 2. The van der Waals surface area contributed by atoms with Crippen LogP contribution in [0.4, 0.5) is 10.8 Å². The minimum atomic E-state index is 0.749. The Hall–Kier alpha value is -1.76. The van der Waals surface area contributed by atoms with Gasteiger partial charge in [-0.1, -0.05) is 52.9 Å². The highest BCUT2D eigenvalue weighted by Crippen LogP contribution is 2.30. The summed E-state index contributed by atoms with van der Waals surface area (Å²) in [6.07, 6.45) is 0. The number of methoxy groups -OCH3 is 1. The van der Waals surface area contributed by atoms with Crippen molar-refractivity contribution in [3.05, 3.63) is 59.1 Å². The molecule has 1 heterocycles. The predicted molar refractivity (Wildman–Crippen MR) is 97.2 cm³/mol. The Kier molecular flexibility index (Phi) is 5.38. The molecule has 1 N–H and O–H groups in total. The van der Waals surface area contributed by atoms with Crippen LogP contribution >= 0.6 is 34.7 Å². The molecule has 1 aromatic heterocycles. The number of rotatable bonds is 6. The molecule has 0 spiro atoms. The number of hydrogen-bond donors (Lipinski definition) is 1.